The van der Waals surface area contributed by atoms with Crippen molar-refractivity contribution >= 4 is 34.5 Å². The molecule has 1 amide bonds. The number of rotatable bonds is 6. The molecule has 1 aliphatic heterocycles. The highest BCUT2D eigenvalue weighted by molar-refractivity contribution is 7.10. The van der Waals surface area contributed by atoms with Gasteiger partial charge >= 0.3 is 0 Å². The van der Waals surface area contributed by atoms with E-state index in [1.54, 1.807) is 37.4 Å². The van der Waals surface area contributed by atoms with Crippen LogP contribution in [0.4, 0.5) is 5.69 Å². The molecule has 9 heteroatoms. The number of aliphatic hydroxyl groups excluding tert-OH is 1. The maximum absolute atomic E-state index is 13.0. The molecule has 1 aliphatic rings. The number of benzene rings is 2. The average Bonchev–Trinajstić information content (AvgIpc) is 3.41. The topological polar surface area (TPSA) is 110 Å². The lowest BCUT2D eigenvalue weighted by atomic mass is 9.99. The fourth-order valence-corrected chi connectivity index (χ4v) is 4.50. The molecule has 0 saturated carbocycles. The first-order valence-electron chi connectivity index (χ1n) is 9.60. The van der Waals surface area contributed by atoms with Gasteiger partial charge in [-0.1, -0.05) is 18.2 Å². The summed E-state index contributed by atoms with van der Waals surface area (Å²) >= 11 is 1.36. The Kier molecular flexibility index (Phi) is 5.74. The van der Waals surface area contributed by atoms with Crippen LogP contribution in [-0.4, -0.2) is 33.7 Å². The highest BCUT2D eigenvalue weighted by Crippen LogP contribution is 2.42. The summed E-state index contributed by atoms with van der Waals surface area (Å²) < 4.78 is 5.24. The Bertz CT molecular complexity index is 1220. The minimum atomic E-state index is -0.804. The number of amides is 1. The molecular formula is C23H18N2O6S. The summed E-state index contributed by atoms with van der Waals surface area (Å²) in [7, 11) is 1.54. The highest BCUT2D eigenvalue weighted by Gasteiger charge is 2.46. The Morgan fingerprint density at radius 1 is 1.16 bits per heavy atom. The Morgan fingerprint density at radius 3 is 2.53 bits per heavy atom. The van der Waals surface area contributed by atoms with Crippen LogP contribution < -0.4 is 4.74 Å². The second-order valence-corrected chi connectivity index (χ2v) is 8.08. The predicted molar refractivity (Wildman–Crippen MR) is 118 cm³/mol. The van der Waals surface area contributed by atoms with E-state index in [4.69, 9.17) is 4.74 Å². The van der Waals surface area contributed by atoms with Gasteiger partial charge in [-0.25, -0.2) is 0 Å². The normalized spacial score (nSPS) is 17.5. The number of methoxy groups -OCH3 is 1. The first kappa shape index (κ1) is 21.3. The minimum Gasteiger partial charge on any atom is -0.507 e. The number of likely N-dealkylation sites (tertiary alicyclic amines) is 1. The van der Waals surface area contributed by atoms with Crippen LogP contribution in [0, 0.1) is 10.1 Å². The van der Waals surface area contributed by atoms with E-state index in [1.807, 2.05) is 11.4 Å². The van der Waals surface area contributed by atoms with Crippen molar-refractivity contribution in [3.05, 3.63) is 97.7 Å². The lowest BCUT2D eigenvalue weighted by Gasteiger charge is -2.24. The number of carbonyl (C=O) groups is 2. The van der Waals surface area contributed by atoms with Crippen molar-refractivity contribution in [3.8, 4) is 5.75 Å². The van der Waals surface area contributed by atoms with Crippen LogP contribution >= 0.6 is 11.3 Å². The van der Waals surface area contributed by atoms with Gasteiger partial charge in [-0.15, -0.1) is 11.3 Å². The van der Waals surface area contributed by atoms with Crippen LogP contribution in [0.1, 0.15) is 22.0 Å². The van der Waals surface area contributed by atoms with Crippen molar-refractivity contribution in [3.63, 3.8) is 0 Å². The van der Waals surface area contributed by atoms with Gasteiger partial charge in [0.1, 0.15) is 11.5 Å². The summed E-state index contributed by atoms with van der Waals surface area (Å²) in [6, 6.07) is 15.2. The van der Waals surface area contributed by atoms with Crippen molar-refractivity contribution < 1.29 is 24.4 Å². The number of hydrogen-bond donors (Lipinski definition) is 1. The molecule has 1 atom stereocenters. The molecule has 2 heterocycles. The first-order chi connectivity index (χ1) is 15.4. The van der Waals surface area contributed by atoms with Gasteiger partial charge in [0.05, 0.1) is 23.6 Å². The lowest BCUT2D eigenvalue weighted by Crippen LogP contribution is -2.28. The fourth-order valence-electron chi connectivity index (χ4n) is 3.65. The standard InChI is InChI=1S/C23H18N2O6S/c1-31-17-5-2-4-14(12-17)13-24-20(18-6-3-11-32-18)19(22(27)23(24)28)21(26)15-7-9-16(10-8-15)25(29)30/h2-12,20,26H,13H2,1H3/b21-19-. The van der Waals surface area contributed by atoms with Gasteiger partial charge in [0.2, 0.25) is 0 Å². The van der Waals surface area contributed by atoms with E-state index in [0.717, 1.165) is 10.4 Å². The molecule has 0 spiro atoms. The number of Topliss-reactive ketones (excluding diaryl/α,β-unsaturated/α-hetero) is 1. The monoisotopic (exact) mass is 450 g/mol. The molecular weight excluding hydrogens is 432 g/mol. The van der Waals surface area contributed by atoms with Crippen LogP contribution in [0.3, 0.4) is 0 Å². The van der Waals surface area contributed by atoms with Gasteiger partial charge in [-0.05, 0) is 41.3 Å². The smallest absolute Gasteiger partial charge is 0.295 e. The van der Waals surface area contributed by atoms with Crippen molar-refractivity contribution in [1.29, 1.82) is 0 Å². The number of ketones is 1. The van der Waals surface area contributed by atoms with Crippen molar-refractivity contribution in [2.75, 3.05) is 7.11 Å². The summed E-state index contributed by atoms with van der Waals surface area (Å²) in [5, 5.41) is 23.7. The van der Waals surface area contributed by atoms with E-state index in [1.165, 1.54) is 40.5 Å². The van der Waals surface area contributed by atoms with Gasteiger partial charge in [-0.2, -0.15) is 0 Å². The number of nitro groups is 1. The van der Waals surface area contributed by atoms with Crippen LogP contribution in [0.15, 0.2) is 71.6 Å². The van der Waals surface area contributed by atoms with Crippen molar-refractivity contribution in [2.45, 2.75) is 12.6 Å². The summed E-state index contributed by atoms with van der Waals surface area (Å²) in [5.41, 5.74) is 0.795. The van der Waals surface area contributed by atoms with E-state index in [-0.39, 0.29) is 29.1 Å². The minimum absolute atomic E-state index is 0.0470. The molecule has 1 aromatic heterocycles. The van der Waals surface area contributed by atoms with E-state index < -0.39 is 22.7 Å². The SMILES string of the molecule is COc1cccc(CN2C(=O)C(=O)/C(=C(\O)c3ccc([N+](=O)[O-])cc3)C2c2cccs2)c1. The van der Waals surface area contributed by atoms with E-state index in [9.17, 15) is 24.8 Å². The third-order valence-electron chi connectivity index (χ3n) is 5.19. The zero-order chi connectivity index (χ0) is 22.8. The number of aliphatic hydroxyl groups is 1. The molecule has 1 saturated heterocycles. The second kappa shape index (κ2) is 8.64. The van der Waals surface area contributed by atoms with Crippen LogP contribution in [-0.2, 0) is 16.1 Å². The van der Waals surface area contributed by atoms with Crippen LogP contribution in [0.5, 0.6) is 5.75 Å². The Hall–Kier alpha value is -3.98. The lowest BCUT2D eigenvalue weighted by molar-refractivity contribution is -0.384. The molecule has 0 bridgehead atoms. The highest BCUT2D eigenvalue weighted by atomic mass is 32.1. The molecule has 0 radical (unpaired) electrons. The maximum atomic E-state index is 13.0. The number of non-ortho nitro benzene ring substituents is 1. The molecule has 4 rings (SSSR count). The molecule has 1 unspecified atom stereocenters. The average molecular weight is 450 g/mol. The summed E-state index contributed by atoms with van der Waals surface area (Å²) in [5.74, 6) is -1.28. The van der Waals surface area contributed by atoms with Gasteiger partial charge in [-0.3, -0.25) is 19.7 Å². The number of ether oxygens (including phenoxy) is 1. The molecule has 2 aromatic carbocycles. The molecule has 0 aliphatic carbocycles. The van der Waals surface area contributed by atoms with E-state index in [0.29, 0.717) is 5.75 Å². The molecule has 32 heavy (non-hydrogen) atoms. The molecule has 1 N–H and O–H groups in total. The Labute approximate surface area is 187 Å². The summed E-state index contributed by atoms with van der Waals surface area (Å²) in [4.78, 5) is 38.5. The molecule has 8 nitrogen and oxygen atoms in total. The van der Waals surface area contributed by atoms with Gasteiger partial charge in [0.25, 0.3) is 17.4 Å². The summed E-state index contributed by atoms with van der Waals surface area (Å²) in [6.07, 6.45) is 0. The van der Waals surface area contributed by atoms with Crippen molar-refractivity contribution in [1.82, 2.24) is 4.90 Å². The predicted octanol–water partition coefficient (Wildman–Crippen LogP) is 4.29. The number of carbonyl (C=O) groups excluding carboxylic acids is 2. The van der Waals surface area contributed by atoms with Gasteiger partial charge in [0.15, 0.2) is 0 Å². The summed E-state index contributed by atoms with van der Waals surface area (Å²) in [6.45, 7) is 0.140. The van der Waals surface area contributed by atoms with E-state index in [2.05, 4.69) is 0 Å². The zero-order valence-electron chi connectivity index (χ0n) is 16.9. The first-order valence-corrected chi connectivity index (χ1v) is 10.5. The fraction of sp³-hybridized carbons (Fsp3) is 0.130. The third kappa shape index (κ3) is 3.85. The molecule has 3 aromatic rings. The number of nitrogens with zero attached hydrogens (tertiary/aromatic N) is 2. The number of hydrogen-bond acceptors (Lipinski definition) is 7. The van der Waals surface area contributed by atoms with E-state index >= 15 is 0 Å². The van der Waals surface area contributed by atoms with Crippen LogP contribution in [0.2, 0.25) is 0 Å². The largest absolute Gasteiger partial charge is 0.507 e. The third-order valence-corrected chi connectivity index (χ3v) is 6.12. The second-order valence-electron chi connectivity index (χ2n) is 7.10. The van der Waals surface area contributed by atoms with Gasteiger partial charge < -0.3 is 14.7 Å². The Morgan fingerprint density at radius 2 is 1.91 bits per heavy atom. The molecule has 1 fully saturated rings. The quantitative estimate of drug-likeness (QED) is 0.197. The zero-order valence-corrected chi connectivity index (χ0v) is 17.7. The number of thiophene rings is 1. The molecule has 162 valence electrons. The van der Waals surface area contributed by atoms with Crippen LogP contribution in [0.25, 0.3) is 5.76 Å². The van der Waals surface area contributed by atoms with Crippen molar-refractivity contribution in [2.24, 2.45) is 0 Å². The number of nitro benzene ring substituents is 1. The Balaban J connectivity index is 1.79. The van der Waals surface area contributed by atoms with Gasteiger partial charge in [0, 0.05) is 29.1 Å². The maximum Gasteiger partial charge on any atom is 0.295 e.